The third kappa shape index (κ3) is 8.85. The fraction of sp³-hybridized carbons (Fsp3) is 0.333. The topological polar surface area (TPSA) is 87.7 Å². The second-order valence-electron chi connectivity index (χ2n) is 6.66. The monoisotopic (exact) mass is 458 g/mol. The number of aliphatic hydroxyl groups is 1. The molecule has 3 N–H and O–H groups in total. The van der Waals surface area contributed by atoms with E-state index in [1.807, 2.05) is 0 Å². The van der Waals surface area contributed by atoms with Gasteiger partial charge >= 0.3 is 6.18 Å². The molecule has 0 saturated heterocycles. The standard InChI is InChI=1S/C21H22ClF3N2O4/c22-16-7-3-14(4-8-16)20(30)26-11-1-2-19(29)27-12-17(28)13-31-18-9-5-15(6-10-18)21(23,24)25/h3-10,17,28H,1-2,11-13H2,(H,26,30)(H,27,29)/t17-/m0/s1. The van der Waals surface area contributed by atoms with Crippen molar-refractivity contribution in [3.05, 3.63) is 64.7 Å². The summed E-state index contributed by atoms with van der Waals surface area (Å²) in [5.74, 6) is -0.406. The van der Waals surface area contributed by atoms with Crippen LogP contribution >= 0.6 is 11.6 Å². The first-order valence-corrected chi connectivity index (χ1v) is 9.81. The minimum Gasteiger partial charge on any atom is -0.491 e. The third-order valence-electron chi connectivity index (χ3n) is 4.13. The lowest BCUT2D eigenvalue weighted by Crippen LogP contribution is -2.35. The summed E-state index contributed by atoms with van der Waals surface area (Å²) in [5, 5.41) is 15.6. The first-order chi connectivity index (χ1) is 14.6. The second-order valence-corrected chi connectivity index (χ2v) is 7.09. The molecular formula is C21H22ClF3N2O4. The minimum absolute atomic E-state index is 0.0728. The molecule has 0 heterocycles. The Bertz CT molecular complexity index is 858. The van der Waals surface area contributed by atoms with Crippen LogP contribution in [0.1, 0.15) is 28.8 Å². The molecule has 0 unspecified atom stereocenters. The molecule has 2 amide bonds. The first-order valence-electron chi connectivity index (χ1n) is 9.44. The molecule has 1 atom stereocenters. The van der Waals surface area contributed by atoms with Gasteiger partial charge in [-0.05, 0) is 55.0 Å². The van der Waals surface area contributed by atoms with E-state index in [1.165, 1.54) is 0 Å². The van der Waals surface area contributed by atoms with E-state index >= 15 is 0 Å². The van der Waals surface area contributed by atoms with Crippen molar-refractivity contribution >= 4 is 23.4 Å². The van der Waals surface area contributed by atoms with E-state index in [-0.39, 0.29) is 37.1 Å². The maximum absolute atomic E-state index is 12.5. The molecule has 0 aliphatic heterocycles. The summed E-state index contributed by atoms with van der Waals surface area (Å²) < 4.78 is 42.7. The van der Waals surface area contributed by atoms with Crippen LogP contribution in [-0.2, 0) is 11.0 Å². The average molecular weight is 459 g/mol. The zero-order valence-electron chi connectivity index (χ0n) is 16.4. The van der Waals surface area contributed by atoms with Gasteiger partial charge in [0.2, 0.25) is 5.91 Å². The van der Waals surface area contributed by atoms with E-state index in [0.717, 1.165) is 24.3 Å². The van der Waals surface area contributed by atoms with Crippen molar-refractivity contribution in [3.8, 4) is 5.75 Å². The van der Waals surface area contributed by atoms with Crippen LogP contribution in [0.25, 0.3) is 0 Å². The van der Waals surface area contributed by atoms with E-state index in [4.69, 9.17) is 16.3 Å². The van der Waals surface area contributed by atoms with E-state index in [9.17, 15) is 27.9 Å². The summed E-state index contributed by atoms with van der Waals surface area (Å²) in [4.78, 5) is 23.7. The van der Waals surface area contributed by atoms with Gasteiger partial charge in [-0.25, -0.2) is 0 Å². The molecule has 0 aliphatic carbocycles. The van der Waals surface area contributed by atoms with Gasteiger partial charge in [0, 0.05) is 30.1 Å². The Morgan fingerprint density at radius 1 is 1.03 bits per heavy atom. The number of aliphatic hydroxyl groups excluding tert-OH is 1. The van der Waals surface area contributed by atoms with Gasteiger partial charge in [-0.1, -0.05) is 11.6 Å². The van der Waals surface area contributed by atoms with Crippen LogP contribution in [0, 0.1) is 0 Å². The van der Waals surface area contributed by atoms with E-state index in [1.54, 1.807) is 24.3 Å². The predicted octanol–water partition coefficient (Wildman–Crippen LogP) is 3.42. The Balaban J connectivity index is 1.59. The molecule has 0 radical (unpaired) electrons. The number of halogens is 4. The summed E-state index contributed by atoms with van der Waals surface area (Å²) in [7, 11) is 0. The Labute approximate surface area is 182 Å². The van der Waals surface area contributed by atoms with Crippen LogP contribution in [0.3, 0.4) is 0 Å². The van der Waals surface area contributed by atoms with Crippen molar-refractivity contribution in [1.82, 2.24) is 10.6 Å². The molecule has 0 bridgehead atoms. The molecule has 0 spiro atoms. The number of rotatable bonds is 10. The van der Waals surface area contributed by atoms with Gasteiger partial charge < -0.3 is 20.5 Å². The van der Waals surface area contributed by atoms with Crippen molar-refractivity contribution in [2.75, 3.05) is 19.7 Å². The number of ether oxygens (including phenoxy) is 1. The summed E-state index contributed by atoms with van der Waals surface area (Å²) in [6, 6.07) is 10.5. The van der Waals surface area contributed by atoms with Crippen molar-refractivity contribution in [3.63, 3.8) is 0 Å². The Hall–Kier alpha value is -2.78. The summed E-state index contributed by atoms with van der Waals surface area (Å²) >= 11 is 5.76. The van der Waals surface area contributed by atoms with Gasteiger partial charge in [0.1, 0.15) is 18.5 Å². The summed E-state index contributed by atoms with van der Waals surface area (Å²) in [6.45, 7) is 0.0356. The van der Waals surface area contributed by atoms with Crippen LogP contribution in [0.15, 0.2) is 48.5 Å². The lowest BCUT2D eigenvalue weighted by Gasteiger charge is -2.14. The van der Waals surface area contributed by atoms with Gasteiger partial charge in [-0.3, -0.25) is 9.59 Å². The maximum atomic E-state index is 12.5. The van der Waals surface area contributed by atoms with Crippen LogP contribution in [-0.4, -0.2) is 42.7 Å². The summed E-state index contributed by atoms with van der Waals surface area (Å²) in [5.41, 5.74) is -0.331. The first kappa shape index (κ1) is 24.5. The molecule has 31 heavy (non-hydrogen) atoms. The number of carbonyl (C=O) groups excluding carboxylic acids is 2. The molecule has 0 aliphatic rings. The molecule has 0 saturated carbocycles. The highest BCUT2D eigenvalue weighted by Crippen LogP contribution is 2.30. The number of benzene rings is 2. The largest absolute Gasteiger partial charge is 0.491 e. The molecule has 2 aromatic carbocycles. The highest BCUT2D eigenvalue weighted by Gasteiger charge is 2.30. The van der Waals surface area contributed by atoms with Gasteiger partial charge in [0.15, 0.2) is 0 Å². The van der Waals surface area contributed by atoms with Crippen LogP contribution in [0.5, 0.6) is 5.75 Å². The van der Waals surface area contributed by atoms with Crippen LogP contribution in [0.2, 0.25) is 5.02 Å². The normalized spacial score (nSPS) is 12.2. The number of carbonyl (C=O) groups is 2. The maximum Gasteiger partial charge on any atom is 0.416 e. The zero-order valence-corrected chi connectivity index (χ0v) is 17.2. The van der Waals surface area contributed by atoms with Crippen molar-refractivity contribution in [2.45, 2.75) is 25.1 Å². The van der Waals surface area contributed by atoms with E-state index in [0.29, 0.717) is 23.6 Å². The third-order valence-corrected chi connectivity index (χ3v) is 4.38. The quantitative estimate of drug-likeness (QED) is 0.476. The van der Waals surface area contributed by atoms with Crippen molar-refractivity contribution in [2.24, 2.45) is 0 Å². The molecule has 168 valence electrons. The number of alkyl halides is 3. The summed E-state index contributed by atoms with van der Waals surface area (Å²) in [6.07, 6.45) is -4.91. The number of amides is 2. The van der Waals surface area contributed by atoms with Gasteiger partial charge in [-0.15, -0.1) is 0 Å². The Morgan fingerprint density at radius 3 is 2.29 bits per heavy atom. The minimum atomic E-state index is -4.43. The molecule has 2 aromatic rings. The molecule has 2 rings (SSSR count). The fourth-order valence-corrected chi connectivity index (χ4v) is 2.59. The zero-order chi connectivity index (χ0) is 22.9. The Kier molecular flexibility index (Phi) is 9.14. The second kappa shape index (κ2) is 11.6. The Morgan fingerprint density at radius 2 is 1.68 bits per heavy atom. The molecule has 0 aromatic heterocycles. The lowest BCUT2D eigenvalue weighted by molar-refractivity contribution is -0.137. The molecule has 0 fully saturated rings. The highest BCUT2D eigenvalue weighted by molar-refractivity contribution is 6.30. The lowest BCUT2D eigenvalue weighted by atomic mass is 10.2. The van der Waals surface area contributed by atoms with Crippen molar-refractivity contribution < 1.29 is 32.6 Å². The van der Waals surface area contributed by atoms with Crippen LogP contribution in [0.4, 0.5) is 13.2 Å². The van der Waals surface area contributed by atoms with Crippen LogP contribution < -0.4 is 15.4 Å². The van der Waals surface area contributed by atoms with Gasteiger partial charge in [-0.2, -0.15) is 13.2 Å². The van der Waals surface area contributed by atoms with E-state index < -0.39 is 17.8 Å². The van der Waals surface area contributed by atoms with Gasteiger partial charge in [0.05, 0.1) is 5.56 Å². The molecule has 10 heteroatoms. The number of hydrogen-bond acceptors (Lipinski definition) is 4. The fourth-order valence-electron chi connectivity index (χ4n) is 2.47. The average Bonchev–Trinajstić information content (AvgIpc) is 2.73. The highest BCUT2D eigenvalue weighted by atomic mass is 35.5. The van der Waals surface area contributed by atoms with Gasteiger partial charge in [0.25, 0.3) is 5.91 Å². The number of nitrogens with one attached hydrogen (secondary N) is 2. The number of hydrogen-bond donors (Lipinski definition) is 3. The molecule has 6 nitrogen and oxygen atoms in total. The predicted molar refractivity (Wildman–Crippen MR) is 109 cm³/mol. The molecular weight excluding hydrogens is 437 g/mol. The SMILES string of the molecule is O=C(CCCNC(=O)c1ccc(Cl)cc1)NC[C@H](O)COc1ccc(C(F)(F)F)cc1. The van der Waals surface area contributed by atoms with E-state index in [2.05, 4.69) is 10.6 Å². The smallest absolute Gasteiger partial charge is 0.416 e. The van der Waals surface area contributed by atoms with Crippen molar-refractivity contribution in [1.29, 1.82) is 0 Å².